The number of amides is 2. The molecular formula is C17H30N2O2. The fourth-order valence-electron chi connectivity index (χ4n) is 3.72. The third-order valence-corrected chi connectivity index (χ3v) is 5.04. The summed E-state index contributed by atoms with van der Waals surface area (Å²) in [4.78, 5) is 26.7. The highest BCUT2D eigenvalue weighted by atomic mass is 16.2. The van der Waals surface area contributed by atoms with Gasteiger partial charge in [0.05, 0.1) is 0 Å². The molecule has 2 rings (SSSR count). The first-order valence-electron chi connectivity index (χ1n) is 8.61. The van der Waals surface area contributed by atoms with E-state index in [9.17, 15) is 9.59 Å². The van der Waals surface area contributed by atoms with Crippen LogP contribution in [0.3, 0.4) is 0 Å². The van der Waals surface area contributed by atoms with E-state index < -0.39 is 0 Å². The van der Waals surface area contributed by atoms with Crippen molar-refractivity contribution in [2.24, 2.45) is 11.8 Å². The van der Waals surface area contributed by atoms with Gasteiger partial charge in [-0.05, 0) is 43.9 Å². The van der Waals surface area contributed by atoms with Crippen LogP contribution >= 0.6 is 0 Å². The Labute approximate surface area is 128 Å². The van der Waals surface area contributed by atoms with Crippen LogP contribution in [0.15, 0.2) is 0 Å². The number of hydrogen-bond acceptors (Lipinski definition) is 2. The van der Waals surface area contributed by atoms with Crippen molar-refractivity contribution in [3.05, 3.63) is 0 Å². The van der Waals surface area contributed by atoms with Crippen molar-refractivity contribution >= 4 is 11.8 Å². The van der Waals surface area contributed by atoms with E-state index in [1.54, 1.807) is 0 Å². The third kappa shape index (κ3) is 4.21. The molecule has 1 aliphatic heterocycles. The standard InChI is InChI=1S/C17H30N2O2/c1-4-13-5-7-14(8-6-13)19-10-9-16(20)18-15(17(19)21)11-12(2)3/h12-15H,4-11H2,1-3H3,(H,18,20). The van der Waals surface area contributed by atoms with Crippen molar-refractivity contribution in [1.29, 1.82) is 0 Å². The lowest BCUT2D eigenvalue weighted by Crippen LogP contribution is -2.49. The number of carbonyl (C=O) groups excluding carboxylic acids is 2. The largest absolute Gasteiger partial charge is 0.344 e. The summed E-state index contributed by atoms with van der Waals surface area (Å²) in [6, 6.07) is 0.0339. The van der Waals surface area contributed by atoms with Crippen molar-refractivity contribution in [2.45, 2.75) is 77.8 Å². The zero-order chi connectivity index (χ0) is 15.4. The molecule has 1 atom stereocenters. The number of carbonyl (C=O) groups is 2. The molecule has 1 saturated heterocycles. The summed E-state index contributed by atoms with van der Waals surface area (Å²) in [6.45, 7) is 7.05. The second kappa shape index (κ2) is 7.28. The van der Waals surface area contributed by atoms with Gasteiger partial charge in [-0.2, -0.15) is 0 Å². The molecule has 2 aliphatic rings. The predicted molar refractivity (Wildman–Crippen MR) is 83.8 cm³/mol. The molecule has 1 unspecified atom stereocenters. The first-order chi connectivity index (χ1) is 10.0. The predicted octanol–water partition coefficient (Wildman–Crippen LogP) is 2.72. The molecule has 120 valence electrons. The Morgan fingerprint density at radius 2 is 1.86 bits per heavy atom. The van der Waals surface area contributed by atoms with Gasteiger partial charge in [-0.1, -0.05) is 27.2 Å². The lowest BCUT2D eigenvalue weighted by molar-refractivity contribution is -0.136. The fourth-order valence-corrected chi connectivity index (χ4v) is 3.72. The van der Waals surface area contributed by atoms with Crippen LogP contribution in [0.2, 0.25) is 0 Å². The topological polar surface area (TPSA) is 49.4 Å². The Bertz CT molecular complexity index is 373. The van der Waals surface area contributed by atoms with Crippen LogP contribution in [0, 0.1) is 11.8 Å². The van der Waals surface area contributed by atoms with Gasteiger partial charge in [-0.3, -0.25) is 9.59 Å². The van der Waals surface area contributed by atoms with Crippen molar-refractivity contribution in [2.75, 3.05) is 6.54 Å². The third-order valence-electron chi connectivity index (χ3n) is 5.04. The van der Waals surface area contributed by atoms with Gasteiger partial charge in [0, 0.05) is 19.0 Å². The van der Waals surface area contributed by atoms with E-state index in [1.165, 1.54) is 19.3 Å². The lowest BCUT2D eigenvalue weighted by Gasteiger charge is -2.37. The monoisotopic (exact) mass is 294 g/mol. The van der Waals surface area contributed by atoms with E-state index in [0.29, 0.717) is 24.9 Å². The fraction of sp³-hybridized carbons (Fsp3) is 0.882. The maximum Gasteiger partial charge on any atom is 0.245 e. The summed E-state index contributed by atoms with van der Waals surface area (Å²) in [5.74, 6) is 1.41. The van der Waals surface area contributed by atoms with Crippen molar-refractivity contribution < 1.29 is 9.59 Å². The van der Waals surface area contributed by atoms with Gasteiger partial charge < -0.3 is 10.2 Å². The average molecular weight is 294 g/mol. The Morgan fingerprint density at radius 3 is 2.43 bits per heavy atom. The maximum absolute atomic E-state index is 12.8. The zero-order valence-corrected chi connectivity index (χ0v) is 13.7. The summed E-state index contributed by atoms with van der Waals surface area (Å²) in [7, 11) is 0. The zero-order valence-electron chi connectivity index (χ0n) is 13.7. The summed E-state index contributed by atoms with van der Waals surface area (Å²) < 4.78 is 0. The van der Waals surface area contributed by atoms with Crippen LogP contribution in [0.25, 0.3) is 0 Å². The molecule has 1 aliphatic carbocycles. The Hall–Kier alpha value is -1.06. The molecule has 0 spiro atoms. The van der Waals surface area contributed by atoms with Gasteiger partial charge >= 0.3 is 0 Å². The Kier molecular flexibility index (Phi) is 5.65. The first kappa shape index (κ1) is 16.3. The molecule has 2 amide bonds. The van der Waals surface area contributed by atoms with Crippen LogP contribution in [0.5, 0.6) is 0 Å². The molecule has 0 aromatic rings. The molecule has 1 heterocycles. The molecular weight excluding hydrogens is 264 g/mol. The molecule has 0 radical (unpaired) electrons. The molecule has 2 fully saturated rings. The minimum atomic E-state index is -0.316. The minimum Gasteiger partial charge on any atom is -0.344 e. The molecule has 0 bridgehead atoms. The SMILES string of the molecule is CCC1CCC(N2CCC(=O)NC(CC(C)C)C2=O)CC1. The Morgan fingerprint density at radius 1 is 1.19 bits per heavy atom. The summed E-state index contributed by atoms with van der Waals surface area (Å²) in [6.07, 6.45) is 7.10. The molecule has 0 aromatic heterocycles. The number of hydrogen-bond donors (Lipinski definition) is 1. The molecule has 21 heavy (non-hydrogen) atoms. The highest BCUT2D eigenvalue weighted by Crippen LogP contribution is 2.30. The van der Waals surface area contributed by atoms with Crippen LogP contribution in [0.4, 0.5) is 0 Å². The van der Waals surface area contributed by atoms with Crippen LogP contribution in [-0.4, -0.2) is 35.3 Å². The van der Waals surface area contributed by atoms with E-state index in [2.05, 4.69) is 26.1 Å². The van der Waals surface area contributed by atoms with Gasteiger partial charge in [-0.25, -0.2) is 0 Å². The van der Waals surface area contributed by atoms with Gasteiger partial charge in [0.25, 0.3) is 0 Å². The normalized spacial score (nSPS) is 31.2. The summed E-state index contributed by atoms with van der Waals surface area (Å²) in [5, 5.41) is 2.92. The quantitative estimate of drug-likeness (QED) is 0.866. The Balaban J connectivity index is 2.03. The van der Waals surface area contributed by atoms with Crippen molar-refractivity contribution in [1.82, 2.24) is 10.2 Å². The average Bonchev–Trinajstić information content (AvgIpc) is 2.59. The number of rotatable bonds is 4. The highest BCUT2D eigenvalue weighted by Gasteiger charge is 2.35. The smallest absolute Gasteiger partial charge is 0.245 e. The first-order valence-corrected chi connectivity index (χ1v) is 8.61. The van der Waals surface area contributed by atoms with Crippen LogP contribution in [0.1, 0.15) is 65.7 Å². The highest BCUT2D eigenvalue weighted by molar-refractivity contribution is 5.90. The number of nitrogens with zero attached hydrogens (tertiary/aromatic N) is 1. The number of nitrogens with one attached hydrogen (secondary N) is 1. The van der Waals surface area contributed by atoms with E-state index in [4.69, 9.17) is 0 Å². The minimum absolute atomic E-state index is 0.0266. The van der Waals surface area contributed by atoms with Crippen molar-refractivity contribution in [3.63, 3.8) is 0 Å². The van der Waals surface area contributed by atoms with E-state index in [-0.39, 0.29) is 17.9 Å². The van der Waals surface area contributed by atoms with Crippen LogP contribution in [-0.2, 0) is 9.59 Å². The molecule has 1 N–H and O–H groups in total. The molecule has 4 heteroatoms. The van der Waals surface area contributed by atoms with E-state index >= 15 is 0 Å². The van der Waals surface area contributed by atoms with Gasteiger partial charge in [0.2, 0.25) is 11.8 Å². The van der Waals surface area contributed by atoms with Crippen molar-refractivity contribution in [3.8, 4) is 0 Å². The molecule has 4 nitrogen and oxygen atoms in total. The van der Waals surface area contributed by atoms with Gasteiger partial charge in [0.15, 0.2) is 0 Å². The lowest BCUT2D eigenvalue weighted by atomic mass is 9.83. The van der Waals surface area contributed by atoms with E-state index in [1.807, 2.05) is 4.90 Å². The summed E-state index contributed by atoms with van der Waals surface area (Å²) >= 11 is 0. The maximum atomic E-state index is 12.8. The van der Waals surface area contributed by atoms with E-state index in [0.717, 1.165) is 25.2 Å². The summed E-state index contributed by atoms with van der Waals surface area (Å²) in [5.41, 5.74) is 0. The van der Waals surface area contributed by atoms with Gasteiger partial charge in [0.1, 0.15) is 6.04 Å². The van der Waals surface area contributed by atoms with Gasteiger partial charge in [-0.15, -0.1) is 0 Å². The molecule has 1 saturated carbocycles. The second-order valence-corrected chi connectivity index (χ2v) is 7.11. The molecule has 0 aromatic carbocycles. The van der Waals surface area contributed by atoms with Crippen LogP contribution < -0.4 is 5.32 Å². The second-order valence-electron chi connectivity index (χ2n) is 7.11.